The molecule has 1 N–H and O–H groups in total. The maximum absolute atomic E-state index is 5.30. The summed E-state index contributed by atoms with van der Waals surface area (Å²) in [6, 6.07) is 17.7. The van der Waals surface area contributed by atoms with Gasteiger partial charge in [-0.15, -0.1) is 0 Å². The maximum Gasteiger partial charge on any atom is 0.118 e. The Kier molecular flexibility index (Phi) is 3.96. The van der Waals surface area contributed by atoms with Gasteiger partial charge in [-0.3, -0.25) is 0 Å². The zero-order valence-corrected chi connectivity index (χ0v) is 13.9. The minimum absolute atomic E-state index is 0.193. The lowest BCUT2D eigenvalue weighted by atomic mass is 9.70. The minimum Gasteiger partial charge on any atom is -0.497 e. The Morgan fingerprint density at radius 1 is 1.00 bits per heavy atom. The highest BCUT2D eigenvalue weighted by Crippen LogP contribution is 2.41. The molecule has 2 atom stereocenters. The molecule has 0 aliphatic carbocycles. The van der Waals surface area contributed by atoms with Crippen LogP contribution in [0.4, 0.5) is 0 Å². The van der Waals surface area contributed by atoms with Gasteiger partial charge in [-0.1, -0.05) is 57.2 Å². The molecule has 0 saturated heterocycles. The van der Waals surface area contributed by atoms with Crippen LogP contribution in [-0.4, -0.2) is 13.2 Å². The summed E-state index contributed by atoms with van der Waals surface area (Å²) in [7, 11) is 1.71. The van der Waals surface area contributed by atoms with E-state index in [1.807, 2.05) is 0 Å². The first-order valence-electron chi connectivity index (χ1n) is 7.96. The van der Waals surface area contributed by atoms with Crippen molar-refractivity contribution in [3.63, 3.8) is 0 Å². The molecular weight excluding hydrogens is 270 g/mol. The highest BCUT2D eigenvalue weighted by atomic mass is 16.5. The van der Waals surface area contributed by atoms with Crippen molar-refractivity contribution < 1.29 is 4.74 Å². The summed E-state index contributed by atoms with van der Waals surface area (Å²) in [5, 5.41) is 3.76. The summed E-state index contributed by atoms with van der Waals surface area (Å²) >= 11 is 0. The van der Waals surface area contributed by atoms with Crippen LogP contribution >= 0.6 is 0 Å². The summed E-state index contributed by atoms with van der Waals surface area (Å²) in [5.41, 5.74) is 4.40. The Hall–Kier alpha value is -1.80. The molecule has 3 rings (SSSR count). The molecule has 0 fully saturated rings. The van der Waals surface area contributed by atoms with Crippen LogP contribution in [0.2, 0.25) is 0 Å². The van der Waals surface area contributed by atoms with Gasteiger partial charge in [0.05, 0.1) is 7.11 Å². The molecule has 116 valence electrons. The number of methoxy groups -OCH3 is 1. The normalized spacial score (nSPS) is 21.3. The maximum atomic E-state index is 5.30. The zero-order chi connectivity index (χ0) is 15.7. The third-order valence-electron chi connectivity index (χ3n) is 4.64. The first-order valence-corrected chi connectivity index (χ1v) is 7.96. The standard InChI is InChI=1S/C20H25NO/c1-20(2,3)19-18(14-9-11-16(22-4)12-10-14)17-8-6-5-7-15(17)13-21-19/h5-12,18-19,21H,13H2,1-4H3. The van der Waals surface area contributed by atoms with Crippen molar-refractivity contribution >= 4 is 0 Å². The van der Waals surface area contributed by atoms with Gasteiger partial charge in [0.1, 0.15) is 5.75 Å². The number of benzene rings is 2. The summed E-state index contributed by atoms with van der Waals surface area (Å²) < 4.78 is 5.30. The van der Waals surface area contributed by atoms with E-state index < -0.39 is 0 Å². The van der Waals surface area contributed by atoms with E-state index in [0.29, 0.717) is 12.0 Å². The second kappa shape index (κ2) is 5.77. The lowest BCUT2D eigenvalue weighted by Gasteiger charge is -2.42. The second-order valence-corrected chi connectivity index (χ2v) is 7.17. The Morgan fingerprint density at radius 3 is 2.32 bits per heavy atom. The van der Waals surface area contributed by atoms with Crippen LogP contribution in [0.25, 0.3) is 0 Å². The summed E-state index contributed by atoms with van der Waals surface area (Å²) in [4.78, 5) is 0. The van der Waals surface area contributed by atoms with Crippen molar-refractivity contribution in [2.24, 2.45) is 5.41 Å². The Bertz CT molecular complexity index is 640. The fraction of sp³-hybridized carbons (Fsp3) is 0.400. The number of hydrogen-bond donors (Lipinski definition) is 1. The van der Waals surface area contributed by atoms with Crippen molar-refractivity contribution in [1.29, 1.82) is 0 Å². The van der Waals surface area contributed by atoms with Crippen LogP contribution in [0.1, 0.15) is 43.4 Å². The van der Waals surface area contributed by atoms with Crippen molar-refractivity contribution in [3.05, 3.63) is 65.2 Å². The smallest absolute Gasteiger partial charge is 0.118 e. The van der Waals surface area contributed by atoms with Gasteiger partial charge in [0.2, 0.25) is 0 Å². The van der Waals surface area contributed by atoms with Crippen LogP contribution in [-0.2, 0) is 6.54 Å². The quantitative estimate of drug-likeness (QED) is 0.889. The van der Waals surface area contributed by atoms with Crippen molar-refractivity contribution in [1.82, 2.24) is 5.32 Å². The Labute approximate surface area is 133 Å². The molecule has 2 heteroatoms. The molecule has 1 aliphatic rings. The van der Waals surface area contributed by atoms with Crippen molar-refractivity contribution in [2.45, 2.75) is 39.3 Å². The number of ether oxygens (including phenoxy) is 1. The van der Waals surface area contributed by atoms with Gasteiger partial charge >= 0.3 is 0 Å². The zero-order valence-electron chi connectivity index (χ0n) is 13.9. The molecule has 22 heavy (non-hydrogen) atoms. The van der Waals surface area contributed by atoms with Crippen molar-refractivity contribution in [2.75, 3.05) is 7.11 Å². The summed E-state index contributed by atoms with van der Waals surface area (Å²) in [5.74, 6) is 1.28. The second-order valence-electron chi connectivity index (χ2n) is 7.17. The molecule has 2 nitrogen and oxygen atoms in total. The SMILES string of the molecule is COc1ccc(C2c3ccccc3CNC2C(C)(C)C)cc1. The van der Waals surface area contributed by atoms with E-state index in [2.05, 4.69) is 74.6 Å². The van der Waals surface area contributed by atoms with Gasteiger partial charge < -0.3 is 10.1 Å². The lowest BCUT2D eigenvalue weighted by molar-refractivity contribution is 0.233. The fourth-order valence-electron chi connectivity index (χ4n) is 3.51. The molecule has 2 unspecified atom stereocenters. The van der Waals surface area contributed by atoms with E-state index in [0.717, 1.165) is 12.3 Å². The van der Waals surface area contributed by atoms with Crippen molar-refractivity contribution in [3.8, 4) is 5.75 Å². The third-order valence-corrected chi connectivity index (χ3v) is 4.64. The number of hydrogen-bond acceptors (Lipinski definition) is 2. The van der Waals surface area contributed by atoms with Gasteiger partial charge in [0.25, 0.3) is 0 Å². The highest BCUT2D eigenvalue weighted by molar-refractivity contribution is 5.43. The van der Waals surface area contributed by atoms with E-state index in [4.69, 9.17) is 4.74 Å². The van der Waals surface area contributed by atoms with Crippen LogP contribution in [0.5, 0.6) is 5.75 Å². The van der Waals surface area contributed by atoms with Crippen LogP contribution in [0, 0.1) is 5.41 Å². The fourth-order valence-corrected chi connectivity index (χ4v) is 3.51. The van der Waals surface area contributed by atoms with Crippen LogP contribution < -0.4 is 10.1 Å². The van der Waals surface area contributed by atoms with Gasteiger partial charge in [-0.2, -0.15) is 0 Å². The molecular formula is C20H25NO. The topological polar surface area (TPSA) is 21.3 Å². The lowest BCUT2D eigenvalue weighted by Crippen LogP contribution is -2.48. The van der Waals surface area contributed by atoms with E-state index in [1.165, 1.54) is 16.7 Å². The summed E-state index contributed by atoms with van der Waals surface area (Å²) in [6.45, 7) is 7.89. The first-order chi connectivity index (χ1) is 10.5. The number of rotatable bonds is 2. The average molecular weight is 295 g/mol. The Balaban J connectivity index is 2.08. The Morgan fingerprint density at radius 2 is 1.68 bits per heavy atom. The summed E-state index contributed by atoms with van der Waals surface area (Å²) in [6.07, 6.45) is 0. The predicted molar refractivity (Wildman–Crippen MR) is 91.4 cm³/mol. The predicted octanol–water partition coefficient (Wildman–Crippen LogP) is 4.35. The highest BCUT2D eigenvalue weighted by Gasteiger charge is 2.37. The molecule has 0 aromatic heterocycles. The van der Waals surface area contributed by atoms with Crippen LogP contribution in [0.15, 0.2) is 48.5 Å². The van der Waals surface area contributed by atoms with Gasteiger partial charge in [0, 0.05) is 18.5 Å². The molecule has 2 aromatic carbocycles. The van der Waals surface area contributed by atoms with E-state index >= 15 is 0 Å². The number of nitrogens with one attached hydrogen (secondary N) is 1. The third kappa shape index (κ3) is 2.76. The molecule has 0 radical (unpaired) electrons. The van der Waals surface area contributed by atoms with Gasteiger partial charge in [0.15, 0.2) is 0 Å². The number of fused-ring (bicyclic) bond motifs is 1. The van der Waals surface area contributed by atoms with E-state index in [9.17, 15) is 0 Å². The van der Waals surface area contributed by atoms with Gasteiger partial charge in [-0.25, -0.2) is 0 Å². The van der Waals surface area contributed by atoms with E-state index in [-0.39, 0.29) is 5.41 Å². The average Bonchev–Trinajstić information content (AvgIpc) is 2.53. The van der Waals surface area contributed by atoms with Gasteiger partial charge in [-0.05, 0) is 34.2 Å². The molecule has 1 aliphatic heterocycles. The molecule has 2 aromatic rings. The van der Waals surface area contributed by atoms with E-state index in [1.54, 1.807) is 7.11 Å². The largest absolute Gasteiger partial charge is 0.497 e. The molecule has 1 heterocycles. The molecule has 0 amide bonds. The molecule has 0 bridgehead atoms. The van der Waals surface area contributed by atoms with Crippen LogP contribution in [0.3, 0.4) is 0 Å². The monoisotopic (exact) mass is 295 g/mol. The minimum atomic E-state index is 0.193. The first kappa shape index (κ1) is 15.1. The molecule has 0 saturated carbocycles. The molecule has 0 spiro atoms.